The minimum Gasteiger partial charge on any atom is -0.508 e. The molecule has 1 saturated heterocycles. The molecule has 2 rings (SSSR count). The molecular formula is C16H24N2O2. The van der Waals surface area contributed by atoms with E-state index in [-0.39, 0.29) is 11.7 Å². The van der Waals surface area contributed by atoms with Crippen LogP contribution in [0.3, 0.4) is 0 Å². The number of carbonyl (C=O) groups excluding carboxylic acids is 1. The Hall–Kier alpha value is -1.55. The minimum absolute atomic E-state index is 0.0521. The van der Waals surface area contributed by atoms with Crippen LogP contribution in [0.1, 0.15) is 31.7 Å². The number of benzene rings is 1. The standard InChI is InChI=1S/C16H24N2O2/c1-2-12-4-3-9-18(11-12)16(20)15(17)10-13-5-7-14(19)8-6-13/h5-8,12,15,19H,2-4,9-11,17H2,1H3. The first-order chi connectivity index (χ1) is 9.60. The Morgan fingerprint density at radius 3 is 2.80 bits per heavy atom. The highest BCUT2D eigenvalue weighted by molar-refractivity contribution is 5.82. The van der Waals surface area contributed by atoms with Gasteiger partial charge in [0.1, 0.15) is 5.75 Å². The van der Waals surface area contributed by atoms with E-state index >= 15 is 0 Å². The largest absolute Gasteiger partial charge is 0.508 e. The smallest absolute Gasteiger partial charge is 0.239 e. The van der Waals surface area contributed by atoms with Gasteiger partial charge in [0.25, 0.3) is 0 Å². The van der Waals surface area contributed by atoms with Crippen molar-refractivity contribution in [2.45, 2.75) is 38.6 Å². The second-order valence-electron chi connectivity index (χ2n) is 5.68. The van der Waals surface area contributed by atoms with E-state index < -0.39 is 6.04 Å². The van der Waals surface area contributed by atoms with Gasteiger partial charge in [-0.15, -0.1) is 0 Å². The van der Waals surface area contributed by atoms with Crippen molar-refractivity contribution in [2.24, 2.45) is 11.7 Å². The zero-order valence-corrected chi connectivity index (χ0v) is 12.1. The van der Waals surface area contributed by atoms with E-state index in [0.717, 1.165) is 31.5 Å². The van der Waals surface area contributed by atoms with Gasteiger partial charge in [0.2, 0.25) is 5.91 Å². The molecule has 1 fully saturated rings. The van der Waals surface area contributed by atoms with Crippen LogP contribution < -0.4 is 5.73 Å². The van der Waals surface area contributed by atoms with Crippen LogP contribution in [-0.4, -0.2) is 35.0 Å². The van der Waals surface area contributed by atoms with Gasteiger partial charge in [-0.25, -0.2) is 0 Å². The van der Waals surface area contributed by atoms with E-state index in [1.54, 1.807) is 12.1 Å². The molecule has 1 aromatic carbocycles. The molecule has 0 aromatic heterocycles. The molecule has 2 atom stereocenters. The summed E-state index contributed by atoms with van der Waals surface area (Å²) in [4.78, 5) is 14.3. The second kappa shape index (κ2) is 6.75. The van der Waals surface area contributed by atoms with E-state index in [4.69, 9.17) is 5.73 Å². The summed E-state index contributed by atoms with van der Waals surface area (Å²) in [5.74, 6) is 0.903. The van der Waals surface area contributed by atoms with Crippen molar-refractivity contribution in [1.82, 2.24) is 4.90 Å². The molecule has 3 N–H and O–H groups in total. The average Bonchev–Trinajstić information content (AvgIpc) is 2.48. The lowest BCUT2D eigenvalue weighted by atomic mass is 9.94. The monoisotopic (exact) mass is 276 g/mol. The van der Waals surface area contributed by atoms with Crippen molar-refractivity contribution in [3.05, 3.63) is 29.8 Å². The van der Waals surface area contributed by atoms with Gasteiger partial charge in [0.05, 0.1) is 6.04 Å². The summed E-state index contributed by atoms with van der Waals surface area (Å²) in [6.45, 7) is 3.85. The van der Waals surface area contributed by atoms with Gasteiger partial charge >= 0.3 is 0 Å². The quantitative estimate of drug-likeness (QED) is 0.883. The Bertz CT molecular complexity index is 444. The first-order valence-corrected chi connectivity index (χ1v) is 7.42. The lowest BCUT2D eigenvalue weighted by Gasteiger charge is -2.34. The first kappa shape index (κ1) is 14.9. The predicted molar refractivity (Wildman–Crippen MR) is 79.4 cm³/mol. The number of likely N-dealkylation sites (tertiary alicyclic amines) is 1. The molecule has 1 amide bonds. The third-order valence-corrected chi connectivity index (χ3v) is 4.12. The maximum atomic E-state index is 12.4. The Balaban J connectivity index is 1.92. The average molecular weight is 276 g/mol. The number of aromatic hydroxyl groups is 1. The van der Waals surface area contributed by atoms with Crippen molar-refractivity contribution < 1.29 is 9.90 Å². The van der Waals surface area contributed by atoms with Gasteiger partial charge in [-0.2, -0.15) is 0 Å². The van der Waals surface area contributed by atoms with Crippen molar-refractivity contribution in [1.29, 1.82) is 0 Å². The van der Waals surface area contributed by atoms with Crippen LogP contribution in [0.25, 0.3) is 0 Å². The van der Waals surface area contributed by atoms with Crippen LogP contribution in [0, 0.1) is 5.92 Å². The molecule has 2 unspecified atom stereocenters. The molecule has 1 aliphatic rings. The van der Waals surface area contributed by atoms with Crippen molar-refractivity contribution in [3.63, 3.8) is 0 Å². The summed E-state index contributed by atoms with van der Waals surface area (Å²) in [5.41, 5.74) is 7.03. The molecule has 0 bridgehead atoms. The van der Waals surface area contributed by atoms with Crippen LogP contribution in [0.4, 0.5) is 0 Å². The molecule has 110 valence electrons. The number of nitrogens with two attached hydrogens (primary N) is 1. The fraction of sp³-hybridized carbons (Fsp3) is 0.562. The topological polar surface area (TPSA) is 66.6 Å². The Morgan fingerprint density at radius 1 is 1.45 bits per heavy atom. The highest BCUT2D eigenvalue weighted by Gasteiger charge is 2.26. The van der Waals surface area contributed by atoms with Crippen molar-refractivity contribution in [2.75, 3.05) is 13.1 Å². The number of carbonyl (C=O) groups is 1. The summed E-state index contributed by atoms with van der Waals surface area (Å²) in [5, 5.41) is 9.25. The molecule has 0 aliphatic carbocycles. The molecule has 1 heterocycles. The maximum Gasteiger partial charge on any atom is 0.239 e. The molecule has 1 aliphatic heterocycles. The molecule has 20 heavy (non-hydrogen) atoms. The summed E-state index contributed by atoms with van der Waals surface area (Å²) in [7, 11) is 0. The lowest BCUT2D eigenvalue weighted by molar-refractivity contribution is -0.134. The lowest BCUT2D eigenvalue weighted by Crippen LogP contribution is -2.48. The fourth-order valence-corrected chi connectivity index (χ4v) is 2.81. The van der Waals surface area contributed by atoms with Crippen LogP contribution in [0.5, 0.6) is 5.75 Å². The zero-order valence-electron chi connectivity index (χ0n) is 12.1. The summed E-state index contributed by atoms with van der Waals surface area (Å²) >= 11 is 0. The van der Waals surface area contributed by atoms with Gasteiger partial charge in [0.15, 0.2) is 0 Å². The zero-order chi connectivity index (χ0) is 14.5. The number of hydrogen-bond acceptors (Lipinski definition) is 3. The van der Waals surface area contributed by atoms with Gasteiger partial charge in [-0.05, 0) is 42.9 Å². The van der Waals surface area contributed by atoms with Gasteiger partial charge in [0, 0.05) is 13.1 Å². The SMILES string of the molecule is CCC1CCCN(C(=O)C(N)Cc2ccc(O)cc2)C1. The molecule has 1 aromatic rings. The van der Waals surface area contributed by atoms with E-state index in [1.807, 2.05) is 17.0 Å². The maximum absolute atomic E-state index is 12.4. The van der Waals surface area contributed by atoms with Gasteiger partial charge < -0.3 is 15.7 Å². The number of piperidine rings is 1. The Labute approximate surface area is 120 Å². The number of amides is 1. The van der Waals surface area contributed by atoms with Crippen molar-refractivity contribution in [3.8, 4) is 5.75 Å². The van der Waals surface area contributed by atoms with Gasteiger partial charge in [-0.1, -0.05) is 25.5 Å². The third kappa shape index (κ3) is 3.73. The van der Waals surface area contributed by atoms with E-state index in [0.29, 0.717) is 12.3 Å². The molecule has 4 heteroatoms. The first-order valence-electron chi connectivity index (χ1n) is 7.42. The minimum atomic E-state index is -0.491. The van der Waals surface area contributed by atoms with Crippen LogP contribution in [-0.2, 0) is 11.2 Å². The van der Waals surface area contributed by atoms with Crippen molar-refractivity contribution >= 4 is 5.91 Å². The van der Waals surface area contributed by atoms with Crippen LogP contribution in [0.2, 0.25) is 0 Å². The number of phenolic OH excluding ortho intramolecular Hbond substituents is 1. The summed E-state index contributed by atoms with van der Waals surface area (Å²) < 4.78 is 0. The molecule has 0 radical (unpaired) electrons. The van der Waals surface area contributed by atoms with E-state index in [9.17, 15) is 9.90 Å². The fourth-order valence-electron chi connectivity index (χ4n) is 2.81. The normalized spacial score (nSPS) is 20.7. The summed E-state index contributed by atoms with van der Waals surface area (Å²) in [6, 6.07) is 6.39. The molecule has 0 saturated carbocycles. The molecule has 4 nitrogen and oxygen atoms in total. The number of hydrogen-bond donors (Lipinski definition) is 2. The number of rotatable bonds is 4. The van der Waals surface area contributed by atoms with E-state index in [1.165, 1.54) is 6.42 Å². The second-order valence-corrected chi connectivity index (χ2v) is 5.68. The molecular weight excluding hydrogens is 252 g/mol. The van der Waals surface area contributed by atoms with Gasteiger partial charge in [-0.3, -0.25) is 4.79 Å². The van der Waals surface area contributed by atoms with Crippen LogP contribution >= 0.6 is 0 Å². The number of nitrogens with zero attached hydrogens (tertiary/aromatic N) is 1. The Kier molecular flexibility index (Phi) is 5.01. The number of phenols is 1. The molecule has 0 spiro atoms. The summed E-state index contributed by atoms with van der Waals surface area (Å²) in [6.07, 6.45) is 3.94. The third-order valence-electron chi connectivity index (χ3n) is 4.12. The van der Waals surface area contributed by atoms with E-state index in [2.05, 4.69) is 6.92 Å². The van der Waals surface area contributed by atoms with Crippen LogP contribution in [0.15, 0.2) is 24.3 Å². The highest BCUT2D eigenvalue weighted by atomic mass is 16.3. The highest BCUT2D eigenvalue weighted by Crippen LogP contribution is 2.20. The Morgan fingerprint density at radius 2 is 2.15 bits per heavy atom. The predicted octanol–water partition coefficient (Wildman–Crippen LogP) is 1.91.